The molecule has 0 bridgehead atoms. The Morgan fingerprint density at radius 3 is 2.56 bits per heavy atom. The monoisotopic (exact) mass is 347 g/mol. The summed E-state index contributed by atoms with van der Waals surface area (Å²) in [6, 6.07) is 13.6. The highest BCUT2D eigenvalue weighted by molar-refractivity contribution is 6.35. The molecule has 0 fully saturated rings. The maximum Gasteiger partial charge on any atom is 0.150 e. The standard InChI is InChI=1S/C19H14ClN5/c1-2-15-19(21)24-17(11-6-4-3-5-7-11)18(23-15)12-8-13-10-22-25-16(13)14(20)9-12/h2-10H,1H2,(H2,21,24)(H,22,25). The molecule has 0 unspecified atom stereocenters. The highest BCUT2D eigenvalue weighted by Gasteiger charge is 2.16. The van der Waals surface area contributed by atoms with E-state index in [2.05, 4.69) is 26.7 Å². The van der Waals surface area contributed by atoms with Gasteiger partial charge in [-0.2, -0.15) is 5.10 Å². The van der Waals surface area contributed by atoms with Gasteiger partial charge in [0, 0.05) is 16.5 Å². The van der Waals surface area contributed by atoms with E-state index in [9.17, 15) is 0 Å². The number of nitrogens with two attached hydrogens (primary N) is 1. The van der Waals surface area contributed by atoms with Crippen molar-refractivity contribution in [3.8, 4) is 22.5 Å². The van der Waals surface area contributed by atoms with Gasteiger partial charge in [-0.15, -0.1) is 0 Å². The lowest BCUT2D eigenvalue weighted by Crippen LogP contribution is -2.02. The zero-order valence-electron chi connectivity index (χ0n) is 13.2. The number of nitrogens with one attached hydrogen (secondary N) is 1. The van der Waals surface area contributed by atoms with Crippen LogP contribution in [0.5, 0.6) is 0 Å². The van der Waals surface area contributed by atoms with Crippen molar-refractivity contribution >= 4 is 34.4 Å². The minimum Gasteiger partial charge on any atom is -0.382 e. The zero-order valence-corrected chi connectivity index (χ0v) is 14.0. The van der Waals surface area contributed by atoms with Gasteiger partial charge in [0.05, 0.1) is 28.1 Å². The summed E-state index contributed by atoms with van der Waals surface area (Å²) in [4.78, 5) is 9.24. The molecule has 0 radical (unpaired) electrons. The number of halogens is 1. The number of nitrogens with zero attached hydrogens (tertiary/aromatic N) is 3. The smallest absolute Gasteiger partial charge is 0.150 e. The van der Waals surface area contributed by atoms with Crippen molar-refractivity contribution in [2.75, 3.05) is 5.73 Å². The van der Waals surface area contributed by atoms with Crippen LogP contribution in [0.3, 0.4) is 0 Å². The third-order valence-corrected chi connectivity index (χ3v) is 4.26. The Morgan fingerprint density at radius 1 is 1.04 bits per heavy atom. The lowest BCUT2D eigenvalue weighted by atomic mass is 10.0. The molecule has 0 amide bonds. The second-order valence-electron chi connectivity index (χ2n) is 5.55. The topological polar surface area (TPSA) is 80.5 Å². The Bertz CT molecular complexity index is 1090. The molecule has 0 aliphatic heterocycles. The van der Waals surface area contributed by atoms with Crippen molar-refractivity contribution in [3.63, 3.8) is 0 Å². The van der Waals surface area contributed by atoms with E-state index < -0.39 is 0 Å². The molecule has 5 nitrogen and oxygen atoms in total. The maximum absolute atomic E-state index is 6.39. The Labute approximate surface area is 149 Å². The third kappa shape index (κ3) is 2.64. The van der Waals surface area contributed by atoms with E-state index in [1.54, 1.807) is 12.3 Å². The van der Waals surface area contributed by atoms with Crippen LogP contribution in [0.15, 0.2) is 55.2 Å². The molecule has 2 heterocycles. The summed E-state index contributed by atoms with van der Waals surface area (Å²) < 4.78 is 0. The summed E-state index contributed by atoms with van der Waals surface area (Å²) in [5, 5.41) is 8.41. The number of hydrogen-bond donors (Lipinski definition) is 2. The van der Waals surface area contributed by atoms with Crippen molar-refractivity contribution in [3.05, 3.63) is 66.0 Å². The summed E-state index contributed by atoms with van der Waals surface area (Å²) in [5.41, 5.74) is 10.5. The van der Waals surface area contributed by atoms with Crippen molar-refractivity contribution in [2.24, 2.45) is 0 Å². The van der Waals surface area contributed by atoms with Gasteiger partial charge in [-0.05, 0) is 18.2 Å². The minimum absolute atomic E-state index is 0.341. The molecule has 0 atom stereocenters. The molecular formula is C19H14ClN5. The van der Waals surface area contributed by atoms with Crippen LogP contribution in [0.1, 0.15) is 5.69 Å². The number of nitrogen functional groups attached to an aromatic ring is 1. The molecule has 0 saturated carbocycles. The average molecular weight is 348 g/mol. The fraction of sp³-hybridized carbons (Fsp3) is 0. The first-order valence-corrected chi connectivity index (χ1v) is 8.03. The molecular weight excluding hydrogens is 334 g/mol. The number of rotatable bonds is 3. The van der Waals surface area contributed by atoms with Gasteiger partial charge in [-0.1, -0.05) is 48.5 Å². The number of anilines is 1. The van der Waals surface area contributed by atoms with Gasteiger partial charge >= 0.3 is 0 Å². The normalized spacial score (nSPS) is 10.9. The molecule has 0 aliphatic carbocycles. The first-order valence-electron chi connectivity index (χ1n) is 7.65. The molecule has 0 spiro atoms. The van der Waals surface area contributed by atoms with Crippen molar-refractivity contribution < 1.29 is 0 Å². The second-order valence-corrected chi connectivity index (χ2v) is 5.96. The third-order valence-electron chi connectivity index (χ3n) is 3.97. The molecule has 0 saturated heterocycles. The maximum atomic E-state index is 6.39. The molecule has 3 N–H and O–H groups in total. The molecule has 2 aromatic heterocycles. The molecule has 4 aromatic rings. The lowest BCUT2D eigenvalue weighted by Gasteiger charge is -2.12. The van der Waals surface area contributed by atoms with E-state index in [-0.39, 0.29) is 0 Å². The van der Waals surface area contributed by atoms with Crippen LogP contribution in [0, 0.1) is 0 Å². The Hall–Kier alpha value is -3.18. The lowest BCUT2D eigenvalue weighted by molar-refractivity contribution is 1.12. The Kier molecular flexibility index (Phi) is 3.71. The first-order chi connectivity index (χ1) is 12.2. The number of aromatic nitrogens is 4. The number of hydrogen-bond acceptors (Lipinski definition) is 4. The quantitative estimate of drug-likeness (QED) is 0.569. The van der Waals surface area contributed by atoms with Gasteiger partial charge in [-0.25, -0.2) is 9.97 Å². The molecule has 122 valence electrons. The van der Waals surface area contributed by atoms with Crippen LogP contribution in [-0.4, -0.2) is 20.2 Å². The van der Waals surface area contributed by atoms with Crippen LogP contribution < -0.4 is 5.73 Å². The van der Waals surface area contributed by atoms with E-state index in [1.807, 2.05) is 42.5 Å². The highest BCUT2D eigenvalue weighted by atomic mass is 35.5. The van der Waals surface area contributed by atoms with Crippen LogP contribution in [-0.2, 0) is 0 Å². The predicted octanol–water partition coefficient (Wildman–Crippen LogP) is 4.57. The van der Waals surface area contributed by atoms with E-state index >= 15 is 0 Å². The van der Waals surface area contributed by atoms with Crippen molar-refractivity contribution in [1.29, 1.82) is 0 Å². The SMILES string of the molecule is C=Cc1nc(-c2cc(Cl)c3[nH]ncc3c2)c(-c2ccccc2)nc1N. The minimum atomic E-state index is 0.341. The number of aromatic amines is 1. The molecule has 0 aliphatic rings. The van der Waals surface area contributed by atoms with E-state index in [4.69, 9.17) is 17.3 Å². The fourth-order valence-electron chi connectivity index (χ4n) is 2.76. The van der Waals surface area contributed by atoms with Gasteiger partial charge in [0.2, 0.25) is 0 Å². The number of benzene rings is 2. The van der Waals surface area contributed by atoms with Crippen LogP contribution in [0.2, 0.25) is 5.02 Å². The van der Waals surface area contributed by atoms with Gasteiger partial charge < -0.3 is 5.73 Å². The molecule has 25 heavy (non-hydrogen) atoms. The van der Waals surface area contributed by atoms with Crippen molar-refractivity contribution in [1.82, 2.24) is 20.2 Å². The van der Waals surface area contributed by atoms with Gasteiger partial charge in [0.25, 0.3) is 0 Å². The molecule has 6 heteroatoms. The predicted molar refractivity (Wildman–Crippen MR) is 102 cm³/mol. The Morgan fingerprint density at radius 2 is 1.80 bits per heavy atom. The van der Waals surface area contributed by atoms with Gasteiger partial charge in [0.1, 0.15) is 11.5 Å². The van der Waals surface area contributed by atoms with E-state index in [0.717, 1.165) is 22.0 Å². The number of fused-ring (bicyclic) bond motifs is 1. The fourth-order valence-corrected chi connectivity index (χ4v) is 3.03. The highest BCUT2D eigenvalue weighted by Crippen LogP contribution is 2.34. The molecule has 2 aromatic carbocycles. The zero-order chi connectivity index (χ0) is 17.4. The largest absolute Gasteiger partial charge is 0.382 e. The van der Waals surface area contributed by atoms with E-state index in [0.29, 0.717) is 27.9 Å². The van der Waals surface area contributed by atoms with Crippen LogP contribution in [0.25, 0.3) is 39.5 Å². The van der Waals surface area contributed by atoms with Crippen molar-refractivity contribution in [2.45, 2.75) is 0 Å². The Balaban J connectivity index is 2.02. The molecule has 4 rings (SSSR count). The number of H-pyrrole nitrogens is 1. The summed E-state index contributed by atoms with van der Waals surface area (Å²) >= 11 is 6.39. The first kappa shape index (κ1) is 15.4. The average Bonchev–Trinajstić information content (AvgIpc) is 3.11. The summed E-state index contributed by atoms with van der Waals surface area (Å²) in [6.07, 6.45) is 3.32. The van der Waals surface area contributed by atoms with Gasteiger partial charge in [-0.3, -0.25) is 5.10 Å². The van der Waals surface area contributed by atoms with Crippen LogP contribution >= 0.6 is 11.6 Å². The van der Waals surface area contributed by atoms with Crippen LogP contribution in [0.4, 0.5) is 5.82 Å². The second kappa shape index (κ2) is 6.03. The summed E-state index contributed by atoms with van der Waals surface area (Å²) in [5.74, 6) is 0.341. The summed E-state index contributed by atoms with van der Waals surface area (Å²) in [7, 11) is 0. The van der Waals surface area contributed by atoms with Gasteiger partial charge in [0.15, 0.2) is 0 Å². The van der Waals surface area contributed by atoms with E-state index in [1.165, 1.54) is 0 Å². The summed E-state index contributed by atoms with van der Waals surface area (Å²) in [6.45, 7) is 3.76.